The number of carbonyl (C=O) groups excluding carboxylic acids is 2. The third kappa shape index (κ3) is 3.28. The zero-order chi connectivity index (χ0) is 18.1. The first kappa shape index (κ1) is 16.6. The van der Waals surface area contributed by atoms with Crippen molar-refractivity contribution in [3.63, 3.8) is 0 Å². The maximum Gasteiger partial charge on any atom is 0.238 e. The lowest BCUT2D eigenvalue weighted by Crippen LogP contribution is -2.47. The van der Waals surface area contributed by atoms with Crippen molar-refractivity contribution in [2.24, 2.45) is 10.9 Å². The number of amides is 1. The van der Waals surface area contributed by atoms with Crippen molar-refractivity contribution < 1.29 is 14.0 Å². The number of halogens is 1. The van der Waals surface area contributed by atoms with Gasteiger partial charge in [0.2, 0.25) is 5.91 Å². The number of carbonyl (C=O) groups is 2. The van der Waals surface area contributed by atoms with Gasteiger partial charge in [-0.15, -0.1) is 0 Å². The Morgan fingerprint density at radius 3 is 2.92 bits per heavy atom. The van der Waals surface area contributed by atoms with Gasteiger partial charge in [0.15, 0.2) is 5.78 Å². The third-order valence-electron chi connectivity index (χ3n) is 4.75. The highest BCUT2D eigenvalue weighted by molar-refractivity contribution is 6.18. The Morgan fingerprint density at radius 2 is 2.08 bits per heavy atom. The molecule has 0 bridgehead atoms. The molecule has 1 saturated heterocycles. The molecule has 0 saturated carbocycles. The minimum absolute atomic E-state index is 0.0702. The van der Waals surface area contributed by atoms with Crippen LogP contribution in [-0.2, 0) is 4.79 Å². The molecule has 26 heavy (non-hydrogen) atoms. The molecule has 132 valence electrons. The van der Waals surface area contributed by atoms with E-state index in [9.17, 15) is 14.0 Å². The van der Waals surface area contributed by atoms with E-state index in [4.69, 9.17) is 0 Å². The Labute approximate surface area is 150 Å². The molecule has 1 amide bonds. The fourth-order valence-corrected chi connectivity index (χ4v) is 3.51. The van der Waals surface area contributed by atoms with Gasteiger partial charge >= 0.3 is 0 Å². The summed E-state index contributed by atoms with van der Waals surface area (Å²) in [6.45, 7) is 1.30. The molecule has 2 aliphatic heterocycles. The van der Waals surface area contributed by atoms with Crippen LogP contribution in [0.15, 0.2) is 53.5 Å². The Hall–Kier alpha value is -2.86. The quantitative estimate of drug-likeness (QED) is 0.924. The Bertz CT molecular complexity index is 909. The molecule has 1 atom stereocenters. The summed E-state index contributed by atoms with van der Waals surface area (Å²) in [5.41, 5.74) is 2.71. The minimum Gasteiger partial charge on any atom is -0.325 e. The van der Waals surface area contributed by atoms with Crippen LogP contribution in [0.2, 0.25) is 0 Å². The molecule has 1 N–H and O–H groups in total. The lowest BCUT2D eigenvalue weighted by molar-refractivity contribution is -0.117. The van der Waals surface area contributed by atoms with E-state index in [1.54, 1.807) is 18.2 Å². The normalized spacial score (nSPS) is 19.3. The number of hydrogen-bond acceptors (Lipinski definition) is 4. The number of nitrogens with zero attached hydrogens (tertiary/aromatic N) is 2. The van der Waals surface area contributed by atoms with Crippen LogP contribution in [0.25, 0.3) is 0 Å². The van der Waals surface area contributed by atoms with E-state index in [-0.39, 0.29) is 24.2 Å². The van der Waals surface area contributed by atoms with Gasteiger partial charge in [-0.3, -0.25) is 19.5 Å². The van der Waals surface area contributed by atoms with Gasteiger partial charge in [0, 0.05) is 30.1 Å². The molecule has 4 rings (SSSR count). The van der Waals surface area contributed by atoms with Gasteiger partial charge in [-0.05, 0) is 36.8 Å². The number of piperidine rings is 1. The second-order valence-corrected chi connectivity index (χ2v) is 6.58. The number of para-hydroxylation sites is 1. The van der Waals surface area contributed by atoms with Crippen molar-refractivity contribution in [1.29, 1.82) is 0 Å². The predicted molar refractivity (Wildman–Crippen MR) is 97.4 cm³/mol. The average Bonchev–Trinajstić information content (AvgIpc) is 2.62. The van der Waals surface area contributed by atoms with Crippen LogP contribution >= 0.6 is 0 Å². The first-order valence-electron chi connectivity index (χ1n) is 8.58. The third-order valence-corrected chi connectivity index (χ3v) is 4.75. The molecule has 2 aliphatic rings. The Balaban J connectivity index is 1.42. The average molecular weight is 351 g/mol. The van der Waals surface area contributed by atoms with Crippen LogP contribution in [0, 0.1) is 11.7 Å². The van der Waals surface area contributed by atoms with E-state index in [0.29, 0.717) is 30.8 Å². The molecule has 0 spiro atoms. The van der Waals surface area contributed by atoms with Crippen LogP contribution in [0.5, 0.6) is 0 Å². The molecule has 2 aromatic carbocycles. The van der Waals surface area contributed by atoms with Crippen molar-refractivity contribution in [2.45, 2.75) is 6.42 Å². The molecule has 1 unspecified atom stereocenters. The molecule has 0 aromatic heterocycles. The largest absolute Gasteiger partial charge is 0.325 e. The highest BCUT2D eigenvalue weighted by Crippen LogP contribution is 2.31. The maximum absolute atomic E-state index is 13.2. The van der Waals surface area contributed by atoms with Gasteiger partial charge < -0.3 is 5.32 Å². The molecular weight excluding hydrogens is 333 g/mol. The molecule has 0 aliphatic carbocycles. The van der Waals surface area contributed by atoms with E-state index in [0.717, 1.165) is 11.4 Å². The van der Waals surface area contributed by atoms with Gasteiger partial charge in [0.25, 0.3) is 0 Å². The van der Waals surface area contributed by atoms with E-state index < -0.39 is 5.82 Å². The van der Waals surface area contributed by atoms with E-state index in [2.05, 4.69) is 10.3 Å². The Kier molecular flexibility index (Phi) is 4.34. The van der Waals surface area contributed by atoms with Crippen LogP contribution in [0.3, 0.4) is 0 Å². The monoisotopic (exact) mass is 351 g/mol. The number of hydrogen-bond donors (Lipinski definition) is 1. The predicted octanol–water partition coefficient (Wildman–Crippen LogP) is 3.06. The summed E-state index contributed by atoms with van der Waals surface area (Å²) in [5, 5.41) is 2.69. The highest BCUT2D eigenvalue weighted by Gasteiger charge is 2.36. The number of nitrogens with one attached hydrogen (secondary N) is 1. The van der Waals surface area contributed by atoms with Gasteiger partial charge in [-0.1, -0.05) is 18.2 Å². The van der Waals surface area contributed by atoms with E-state index >= 15 is 0 Å². The van der Waals surface area contributed by atoms with Gasteiger partial charge in [0.1, 0.15) is 5.82 Å². The first-order valence-corrected chi connectivity index (χ1v) is 8.58. The van der Waals surface area contributed by atoms with E-state index in [1.807, 2.05) is 23.1 Å². The lowest BCUT2D eigenvalue weighted by atomic mass is 9.85. The van der Waals surface area contributed by atoms with Crippen LogP contribution in [-0.4, -0.2) is 41.9 Å². The highest BCUT2D eigenvalue weighted by atomic mass is 19.1. The number of rotatable bonds is 3. The summed E-state index contributed by atoms with van der Waals surface area (Å²) in [6, 6.07) is 13.2. The van der Waals surface area contributed by atoms with Crippen LogP contribution < -0.4 is 5.32 Å². The van der Waals surface area contributed by atoms with Crippen molar-refractivity contribution in [3.05, 3.63) is 59.9 Å². The minimum atomic E-state index is -0.395. The van der Waals surface area contributed by atoms with Crippen molar-refractivity contribution in [3.8, 4) is 0 Å². The molecule has 0 radical (unpaired) electrons. The smallest absolute Gasteiger partial charge is 0.238 e. The number of anilines is 1. The fourth-order valence-electron chi connectivity index (χ4n) is 3.51. The molecule has 2 heterocycles. The van der Waals surface area contributed by atoms with E-state index in [1.165, 1.54) is 12.1 Å². The number of benzene rings is 2. The Morgan fingerprint density at radius 1 is 1.23 bits per heavy atom. The van der Waals surface area contributed by atoms with Crippen LogP contribution in [0.4, 0.5) is 15.8 Å². The molecule has 6 heteroatoms. The number of likely N-dealkylation sites (tertiary alicyclic amines) is 1. The SMILES string of the molecule is O=C(CN1CCC2=Nc3ccccc3C(=O)C2C1)Nc1cccc(F)c1. The van der Waals surface area contributed by atoms with Crippen molar-refractivity contribution in [1.82, 2.24) is 4.90 Å². The van der Waals surface area contributed by atoms with Gasteiger partial charge in [0.05, 0.1) is 18.2 Å². The molecular formula is C20H18FN3O2. The summed E-state index contributed by atoms with van der Waals surface area (Å²) in [5.74, 6) is -0.839. The lowest BCUT2D eigenvalue weighted by Gasteiger charge is -2.34. The van der Waals surface area contributed by atoms with Crippen LogP contribution in [0.1, 0.15) is 16.8 Å². The summed E-state index contributed by atoms with van der Waals surface area (Å²) in [4.78, 5) is 31.6. The second-order valence-electron chi connectivity index (χ2n) is 6.58. The summed E-state index contributed by atoms with van der Waals surface area (Å²) in [6.07, 6.45) is 0.665. The van der Waals surface area contributed by atoms with Crippen molar-refractivity contribution >= 4 is 28.8 Å². The summed E-state index contributed by atoms with van der Waals surface area (Å²) >= 11 is 0. The zero-order valence-corrected chi connectivity index (χ0v) is 14.1. The summed E-state index contributed by atoms with van der Waals surface area (Å²) < 4.78 is 13.2. The number of aliphatic imine (C=N–C) groups is 1. The fraction of sp³-hybridized carbons (Fsp3) is 0.250. The number of fused-ring (bicyclic) bond motifs is 2. The summed E-state index contributed by atoms with van der Waals surface area (Å²) in [7, 11) is 0. The molecule has 2 aromatic rings. The number of Topliss-reactive ketones (excluding diaryl/α,β-unsaturated/α-hetero) is 1. The zero-order valence-electron chi connectivity index (χ0n) is 14.1. The first-order chi connectivity index (χ1) is 12.6. The molecule has 1 fully saturated rings. The second kappa shape index (κ2) is 6.80. The van der Waals surface area contributed by atoms with Gasteiger partial charge in [-0.25, -0.2) is 4.39 Å². The standard InChI is InChI=1S/C20H18FN3O2/c21-13-4-3-5-14(10-13)22-19(25)12-24-9-8-18-16(11-24)20(26)15-6-1-2-7-17(15)23-18/h1-7,10,16H,8-9,11-12H2,(H,22,25). The van der Waals surface area contributed by atoms with Crippen molar-refractivity contribution in [2.75, 3.05) is 25.0 Å². The number of ketones is 1. The maximum atomic E-state index is 13.2. The molecule has 5 nitrogen and oxygen atoms in total. The topological polar surface area (TPSA) is 61.8 Å². The van der Waals surface area contributed by atoms with Gasteiger partial charge in [-0.2, -0.15) is 0 Å².